The molecule has 1 N–H and O–H groups in total. The highest BCUT2D eigenvalue weighted by Crippen LogP contribution is 2.15. The first kappa shape index (κ1) is 24.2. The lowest BCUT2D eigenvalue weighted by Crippen LogP contribution is -1.98. The molecule has 0 bridgehead atoms. The van der Waals surface area contributed by atoms with Gasteiger partial charge in [0.05, 0.1) is 0 Å². The Balaban J connectivity index is 3.05. The maximum Gasteiger partial charge on any atom is 0.330 e. The minimum atomic E-state index is -0.841. The number of aliphatic carboxylic acids is 1. The van der Waals surface area contributed by atoms with Crippen LogP contribution in [0.3, 0.4) is 0 Å². The lowest BCUT2D eigenvalue weighted by molar-refractivity contribution is -0.132. The molecule has 0 aromatic carbocycles. The fraction of sp³-hybridized carbons (Fsp3) is 0.870. The molecule has 0 unspecified atom stereocenters. The van der Waals surface area contributed by atoms with Gasteiger partial charge in [-0.15, -0.1) is 0 Å². The zero-order valence-corrected chi connectivity index (χ0v) is 17.0. The largest absolute Gasteiger partial charge is 0.478 e. The number of unbranched alkanes of at least 4 members (excludes halogenated alkanes) is 17. The number of hydrogen-bond donors (Lipinski definition) is 1. The van der Waals surface area contributed by atoms with Crippen LogP contribution in [0.1, 0.15) is 129 Å². The van der Waals surface area contributed by atoms with Gasteiger partial charge in [0.15, 0.2) is 0 Å². The molecule has 2 heteroatoms. The molecule has 0 rings (SSSR count). The van der Waals surface area contributed by atoms with Crippen LogP contribution < -0.4 is 0 Å². The van der Waals surface area contributed by atoms with Crippen molar-refractivity contribution in [3.8, 4) is 0 Å². The standard InChI is InChI=1S/C23H44O2/c1-3-4-5-6-7-8-9-10-11-12-13-14-15-16-17-18-19-20-21-22(2)23(24)25/h2-21H2,1H3,(H,24,25). The Kier molecular flexibility index (Phi) is 18.9. The van der Waals surface area contributed by atoms with E-state index >= 15 is 0 Å². The predicted octanol–water partition coefficient (Wildman–Crippen LogP) is 8.06. The number of carboxylic acid groups (broad SMARTS) is 1. The normalized spacial score (nSPS) is 10.9. The monoisotopic (exact) mass is 352 g/mol. The fourth-order valence-corrected chi connectivity index (χ4v) is 3.35. The molecule has 148 valence electrons. The smallest absolute Gasteiger partial charge is 0.330 e. The maximum atomic E-state index is 10.6. The molecule has 0 saturated heterocycles. The highest BCUT2D eigenvalue weighted by Gasteiger charge is 2.02. The average Bonchev–Trinajstić information content (AvgIpc) is 2.60. The number of rotatable bonds is 20. The van der Waals surface area contributed by atoms with Crippen molar-refractivity contribution in [3.63, 3.8) is 0 Å². The second-order valence-electron chi connectivity index (χ2n) is 7.67. The van der Waals surface area contributed by atoms with Gasteiger partial charge in [-0.25, -0.2) is 4.79 Å². The van der Waals surface area contributed by atoms with E-state index in [2.05, 4.69) is 13.5 Å². The van der Waals surface area contributed by atoms with Crippen molar-refractivity contribution >= 4 is 5.97 Å². The summed E-state index contributed by atoms with van der Waals surface area (Å²) in [6.45, 7) is 5.85. The third-order valence-corrected chi connectivity index (χ3v) is 5.13. The van der Waals surface area contributed by atoms with Crippen molar-refractivity contribution in [1.82, 2.24) is 0 Å². The second-order valence-corrected chi connectivity index (χ2v) is 7.67. The zero-order valence-electron chi connectivity index (χ0n) is 17.0. The fourth-order valence-electron chi connectivity index (χ4n) is 3.35. The van der Waals surface area contributed by atoms with Crippen LogP contribution >= 0.6 is 0 Å². The number of carbonyl (C=O) groups is 1. The Morgan fingerprint density at radius 3 is 1.16 bits per heavy atom. The summed E-state index contributed by atoms with van der Waals surface area (Å²) in [6, 6.07) is 0. The summed E-state index contributed by atoms with van der Waals surface area (Å²) in [5.74, 6) is -0.841. The highest BCUT2D eigenvalue weighted by molar-refractivity contribution is 5.85. The SMILES string of the molecule is C=C(CCCCCCCCCCCCCCCCCCCC)C(=O)O. The molecule has 25 heavy (non-hydrogen) atoms. The van der Waals surface area contributed by atoms with E-state index in [9.17, 15) is 4.79 Å². The molecular formula is C23H44O2. The van der Waals surface area contributed by atoms with E-state index in [1.54, 1.807) is 0 Å². The minimum Gasteiger partial charge on any atom is -0.478 e. The van der Waals surface area contributed by atoms with Gasteiger partial charge in [-0.2, -0.15) is 0 Å². The molecule has 0 heterocycles. The Hall–Kier alpha value is -0.790. The Labute approximate surface area is 157 Å². The van der Waals surface area contributed by atoms with E-state index in [1.165, 1.54) is 103 Å². The molecule has 0 saturated carbocycles. The second kappa shape index (κ2) is 19.5. The lowest BCUT2D eigenvalue weighted by Gasteiger charge is -2.04. The van der Waals surface area contributed by atoms with E-state index < -0.39 is 5.97 Å². The van der Waals surface area contributed by atoms with Gasteiger partial charge in [0.2, 0.25) is 0 Å². The van der Waals surface area contributed by atoms with Crippen LogP contribution in [0.5, 0.6) is 0 Å². The maximum absolute atomic E-state index is 10.6. The molecule has 2 nitrogen and oxygen atoms in total. The molecule has 0 atom stereocenters. The van der Waals surface area contributed by atoms with Gasteiger partial charge >= 0.3 is 5.97 Å². The molecule has 0 spiro atoms. The van der Waals surface area contributed by atoms with Gasteiger partial charge in [0, 0.05) is 5.57 Å². The first-order chi connectivity index (χ1) is 12.2. The van der Waals surface area contributed by atoms with E-state index in [4.69, 9.17) is 5.11 Å². The van der Waals surface area contributed by atoms with Crippen LogP contribution in [0.2, 0.25) is 0 Å². The van der Waals surface area contributed by atoms with Crippen LogP contribution in [0.4, 0.5) is 0 Å². The van der Waals surface area contributed by atoms with Crippen LogP contribution in [-0.2, 0) is 4.79 Å². The Morgan fingerprint density at radius 2 is 0.880 bits per heavy atom. The lowest BCUT2D eigenvalue weighted by atomic mass is 10.0. The molecule has 0 aliphatic rings. The van der Waals surface area contributed by atoms with Crippen molar-refractivity contribution in [3.05, 3.63) is 12.2 Å². The minimum absolute atomic E-state index is 0.358. The first-order valence-electron chi connectivity index (χ1n) is 11.1. The molecule has 0 aliphatic heterocycles. The molecule has 0 aromatic heterocycles. The van der Waals surface area contributed by atoms with Gasteiger partial charge in [-0.3, -0.25) is 0 Å². The average molecular weight is 353 g/mol. The van der Waals surface area contributed by atoms with Crippen LogP contribution in [0.25, 0.3) is 0 Å². The molecule has 0 amide bonds. The van der Waals surface area contributed by atoms with Gasteiger partial charge in [0.1, 0.15) is 0 Å². The van der Waals surface area contributed by atoms with Gasteiger partial charge in [0.25, 0.3) is 0 Å². The first-order valence-corrected chi connectivity index (χ1v) is 11.1. The van der Waals surface area contributed by atoms with Crippen molar-refractivity contribution in [2.45, 2.75) is 129 Å². The summed E-state index contributed by atoms with van der Waals surface area (Å²) in [7, 11) is 0. The van der Waals surface area contributed by atoms with Crippen LogP contribution in [0.15, 0.2) is 12.2 Å². The Bertz CT molecular complexity index is 309. The molecular weight excluding hydrogens is 308 g/mol. The quantitative estimate of drug-likeness (QED) is 0.178. The molecule has 0 aliphatic carbocycles. The number of carboxylic acids is 1. The van der Waals surface area contributed by atoms with Crippen molar-refractivity contribution in [2.75, 3.05) is 0 Å². The molecule has 0 aromatic rings. The van der Waals surface area contributed by atoms with E-state index in [0.717, 1.165) is 12.8 Å². The van der Waals surface area contributed by atoms with E-state index in [0.29, 0.717) is 12.0 Å². The third-order valence-electron chi connectivity index (χ3n) is 5.13. The Morgan fingerprint density at radius 1 is 0.600 bits per heavy atom. The summed E-state index contributed by atoms with van der Waals surface area (Å²) < 4.78 is 0. The third kappa shape index (κ3) is 19.4. The summed E-state index contributed by atoms with van der Waals surface area (Å²) in [6.07, 6.45) is 25.1. The van der Waals surface area contributed by atoms with Crippen LogP contribution in [-0.4, -0.2) is 11.1 Å². The van der Waals surface area contributed by atoms with Gasteiger partial charge in [-0.05, 0) is 12.8 Å². The molecule has 0 fully saturated rings. The van der Waals surface area contributed by atoms with Gasteiger partial charge < -0.3 is 5.11 Å². The summed E-state index contributed by atoms with van der Waals surface area (Å²) in [4.78, 5) is 10.6. The van der Waals surface area contributed by atoms with Crippen molar-refractivity contribution in [1.29, 1.82) is 0 Å². The summed E-state index contributed by atoms with van der Waals surface area (Å²) in [5.41, 5.74) is 0.358. The molecule has 0 radical (unpaired) electrons. The van der Waals surface area contributed by atoms with E-state index in [1.807, 2.05) is 0 Å². The summed E-state index contributed by atoms with van der Waals surface area (Å²) in [5, 5.41) is 8.73. The summed E-state index contributed by atoms with van der Waals surface area (Å²) >= 11 is 0. The van der Waals surface area contributed by atoms with Crippen molar-refractivity contribution in [2.24, 2.45) is 0 Å². The predicted molar refractivity (Wildman–Crippen MR) is 110 cm³/mol. The van der Waals surface area contributed by atoms with Crippen molar-refractivity contribution < 1.29 is 9.90 Å². The highest BCUT2D eigenvalue weighted by atomic mass is 16.4. The van der Waals surface area contributed by atoms with E-state index in [-0.39, 0.29) is 0 Å². The topological polar surface area (TPSA) is 37.3 Å². The van der Waals surface area contributed by atoms with Gasteiger partial charge in [-0.1, -0.05) is 123 Å². The number of hydrogen-bond acceptors (Lipinski definition) is 1. The zero-order chi connectivity index (χ0) is 18.6. The van der Waals surface area contributed by atoms with Crippen LogP contribution in [0, 0.1) is 0 Å².